The second kappa shape index (κ2) is 20.1. The number of carbonyl (C=O) groups is 4. The van der Waals surface area contributed by atoms with E-state index >= 15 is 0 Å². The van der Waals surface area contributed by atoms with Crippen molar-refractivity contribution in [3.8, 4) is 22.4 Å². The fourth-order valence-corrected chi connectivity index (χ4v) is 9.96. The number of carbonyl (C=O) groups excluding carboxylic acids is 4. The number of piperidine rings is 1. The van der Waals surface area contributed by atoms with E-state index in [1.165, 1.54) is 22.6 Å². The van der Waals surface area contributed by atoms with Gasteiger partial charge in [0.25, 0.3) is 5.91 Å². The smallest absolute Gasteiger partial charge is 0.255 e. The van der Waals surface area contributed by atoms with Crippen molar-refractivity contribution in [3.63, 3.8) is 0 Å². The molecule has 0 bridgehead atoms. The van der Waals surface area contributed by atoms with E-state index < -0.39 is 23.7 Å². The molecule has 66 heavy (non-hydrogen) atoms. The number of aliphatic hydroxyl groups is 1. The molecule has 9 rings (SSSR count). The minimum Gasteiger partial charge on any atom is -0.395 e. The van der Waals surface area contributed by atoms with Gasteiger partial charge in [-0.25, -0.2) is 9.37 Å². The van der Waals surface area contributed by atoms with Crippen LogP contribution in [0.15, 0.2) is 72.8 Å². The van der Waals surface area contributed by atoms with Crippen LogP contribution in [0.2, 0.25) is 0 Å². The Balaban J connectivity index is 0.743. The van der Waals surface area contributed by atoms with Gasteiger partial charge in [0.05, 0.1) is 24.5 Å². The van der Waals surface area contributed by atoms with Crippen molar-refractivity contribution in [3.05, 3.63) is 101 Å². The summed E-state index contributed by atoms with van der Waals surface area (Å²) in [5.41, 5.74) is 8.32. The minimum atomic E-state index is -0.806. The molecule has 0 radical (unpaired) electrons. The summed E-state index contributed by atoms with van der Waals surface area (Å²) in [5, 5.41) is 19.9. The number of aryl methyl sites for hydroxylation is 2. The SMILES string of the molecule is Cc1nn2c(N3CCN(CCO)CC3)cc(-c3cccc(CCCCCCN4CCN(C(=O)CNc5cc(F)cc6c5CN(C5CCC(=O)NC5=O)C6=O)CC4)c3)nc2c1-c1ccccc1. The Morgan fingerprint density at radius 3 is 2.36 bits per heavy atom. The molecule has 4 aliphatic rings. The van der Waals surface area contributed by atoms with Crippen LogP contribution in [0.1, 0.15) is 65.7 Å². The van der Waals surface area contributed by atoms with Crippen LogP contribution in [0, 0.1) is 12.7 Å². The maximum absolute atomic E-state index is 14.7. The zero-order chi connectivity index (χ0) is 45.7. The molecule has 16 heteroatoms. The molecule has 0 spiro atoms. The predicted octanol–water partition coefficient (Wildman–Crippen LogP) is 4.75. The number of rotatable bonds is 16. The van der Waals surface area contributed by atoms with Gasteiger partial charge in [0.15, 0.2) is 5.65 Å². The van der Waals surface area contributed by atoms with E-state index in [4.69, 9.17) is 10.1 Å². The lowest BCUT2D eigenvalue weighted by atomic mass is 10.0. The first-order chi connectivity index (χ1) is 32.1. The zero-order valence-electron chi connectivity index (χ0n) is 37.7. The van der Waals surface area contributed by atoms with Gasteiger partial charge < -0.3 is 25.1 Å². The number of unbranched alkanes of at least 4 members (excludes halogenated alkanes) is 3. The number of β-amino-alcohol motifs (C(OH)–C–C–N with tert-alkyl or cyclic N) is 1. The number of aromatic nitrogens is 3. The molecular weight excluding hydrogens is 840 g/mol. The second-order valence-electron chi connectivity index (χ2n) is 17.9. The summed E-state index contributed by atoms with van der Waals surface area (Å²) in [6.07, 6.45) is 5.76. The van der Waals surface area contributed by atoms with Gasteiger partial charge >= 0.3 is 0 Å². The summed E-state index contributed by atoms with van der Waals surface area (Å²) in [6, 6.07) is 23.0. The molecule has 15 nitrogen and oxygen atoms in total. The van der Waals surface area contributed by atoms with E-state index in [1.807, 2.05) is 15.5 Å². The fourth-order valence-electron chi connectivity index (χ4n) is 9.96. The van der Waals surface area contributed by atoms with Crippen molar-refractivity contribution in [2.75, 3.05) is 88.8 Å². The maximum Gasteiger partial charge on any atom is 0.255 e. The van der Waals surface area contributed by atoms with Gasteiger partial charge in [-0.3, -0.25) is 34.3 Å². The van der Waals surface area contributed by atoms with Crippen LogP contribution in [-0.4, -0.2) is 148 Å². The van der Waals surface area contributed by atoms with Gasteiger partial charge in [-0.1, -0.05) is 61.4 Å². The summed E-state index contributed by atoms with van der Waals surface area (Å²) in [5.74, 6) is -1.03. The van der Waals surface area contributed by atoms with Gasteiger partial charge in [-0.15, -0.1) is 0 Å². The van der Waals surface area contributed by atoms with E-state index in [-0.39, 0.29) is 49.9 Å². The molecule has 3 N–H and O–H groups in total. The van der Waals surface area contributed by atoms with Gasteiger partial charge in [0, 0.05) is 106 Å². The number of hydrogen-bond acceptors (Lipinski definition) is 11. The van der Waals surface area contributed by atoms with Crippen LogP contribution in [0.4, 0.5) is 15.9 Å². The number of nitrogens with one attached hydrogen (secondary N) is 2. The number of aliphatic hydroxyl groups excluding tert-OH is 1. The third-order valence-corrected chi connectivity index (χ3v) is 13.6. The van der Waals surface area contributed by atoms with Crippen molar-refractivity contribution in [1.29, 1.82) is 0 Å². The van der Waals surface area contributed by atoms with Crippen LogP contribution in [0.5, 0.6) is 0 Å². The lowest BCUT2D eigenvalue weighted by molar-refractivity contribution is -0.137. The Labute approximate surface area is 384 Å². The van der Waals surface area contributed by atoms with E-state index in [0.29, 0.717) is 30.9 Å². The van der Waals surface area contributed by atoms with Crippen molar-refractivity contribution in [1.82, 2.24) is 39.5 Å². The molecular formula is C50H59FN10O5. The molecule has 346 valence electrons. The summed E-state index contributed by atoms with van der Waals surface area (Å²) < 4.78 is 16.7. The minimum absolute atomic E-state index is 0.0396. The Morgan fingerprint density at radius 1 is 0.848 bits per heavy atom. The summed E-state index contributed by atoms with van der Waals surface area (Å²) in [4.78, 5) is 66.2. The number of halogens is 1. The first-order valence-corrected chi connectivity index (χ1v) is 23.5. The monoisotopic (exact) mass is 898 g/mol. The Bertz CT molecular complexity index is 2590. The number of piperazine rings is 2. The lowest BCUT2D eigenvalue weighted by Crippen LogP contribution is -2.52. The number of nitrogens with zero attached hydrogens (tertiary/aromatic N) is 8. The Hall–Kier alpha value is -6.23. The number of fused-ring (bicyclic) bond motifs is 2. The molecule has 6 heterocycles. The Morgan fingerprint density at radius 2 is 1.59 bits per heavy atom. The number of anilines is 2. The second-order valence-corrected chi connectivity index (χ2v) is 17.9. The van der Waals surface area contributed by atoms with Crippen molar-refractivity contribution >= 4 is 40.8 Å². The standard InChI is InChI=1S/C50H59FN10O5/c1-34-47(36-12-6-4-7-13-36)48-53-41(31-45(61(48)55-34)58-22-18-57(19-23-58)26-27-62)37-14-9-11-35(28-37)10-5-2-3-8-17-56-20-24-59(25-21-56)46(64)32-52-42-30-38(51)29-39-40(42)33-60(50(39)66)43-15-16-44(63)54-49(43)65/h4,6-7,9,11-14,28-31,43,52,62H,2-3,5,8,10,15-27,32-33H2,1H3,(H,54,63,65). The summed E-state index contributed by atoms with van der Waals surface area (Å²) in [7, 11) is 0. The van der Waals surface area contributed by atoms with E-state index in [1.54, 1.807) is 0 Å². The molecule has 0 saturated carbocycles. The molecule has 2 aromatic heterocycles. The maximum atomic E-state index is 14.7. The van der Waals surface area contributed by atoms with Gasteiger partial charge in [-0.05, 0) is 68.5 Å². The van der Waals surface area contributed by atoms with Crippen molar-refractivity contribution < 1.29 is 28.7 Å². The zero-order valence-corrected chi connectivity index (χ0v) is 37.7. The van der Waals surface area contributed by atoms with Gasteiger partial charge in [0.2, 0.25) is 17.7 Å². The quantitative estimate of drug-likeness (QED) is 0.0928. The Kier molecular flexibility index (Phi) is 13.7. The average Bonchev–Trinajstić information content (AvgIpc) is 3.84. The highest BCUT2D eigenvalue weighted by atomic mass is 19.1. The lowest BCUT2D eigenvalue weighted by Gasteiger charge is -2.35. The summed E-state index contributed by atoms with van der Waals surface area (Å²) in [6.45, 7) is 10.2. The third-order valence-electron chi connectivity index (χ3n) is 13.6. The first-order valence-electron chi connectivity index (χ1n) is 23.5. The van der Waals surface area contributed by atoms with Crippen molar-refractivity contribution in [2.45, 2.75) is 64.5 Å². The fraction of sp³-hybridized carbons (Fsp3) is 0.440. The first kappa shape index (κ1) is 44.9. The summed E-state index contributed by atoms with van der Waals surface area (Å²) >= 11 is 0. The van der Waals surface area contributed by atoms with Crippen LogP contribution < -0.4 is 15.5 Å². The molecule has 0 aliphatic carbocycles. The van der Waals surface area contributed by atoms with Crippen molar-refractivity contribution in [2.24, 2.45) is 0 Å². The molecule has 1 unspecified atom stereocenters. The highest BCUT2D eigenvalue weighted by Gasteiger charge is 2.40. The van der Waals surface area contributed by atoms with Crippen LogP contribution in [-0.2, 0) is 27.3 Å². The molecule has 3 aromatic carbocycles. The number of benzene rings is 3. The number of hydrogen-bond donors (Lipinski definition) is 3. The van der Waals surface area contributed by atoms with E-state index in [9.17, 15) is 28.7 Å². The molecule has 1 atom stereocenters. The van der Waals surface area contributed by atoms with Crippen LogP contribution >= 0.6 is 0 Å². The van der Waals surface area contributed by atoms with Gasteiger partial charge in [0.1, 0.15) is 17.7 Å². The van der Waals surface area contributed by atoms with Crippen LogP contribution in [0.3, 0.4) is 0 Å². The average molecular weight is 899 g/mol. The van der Waals surface area contributed by atoms with E-state index in [0.717, 1.165) is 117 Å². The molecule has 5 aromatic rings. The topological polar surface area (TPSA) is 159 Å². The largest absolute Gasteiger partial charge is 0.395 e. The highest BCUT2D eigenvalue weighted by molar-refractivity contribution is 6.06. The predicted molar refractivity (Wildman–Crippen MR) is 250 cm³/mol. The molecule has 4 amide bonds. The number of amides is 4. The normalized spacial score (nSPS) is 18.3. The van der Waals surface area contributed by atoms with Crippen LogP contribution in [0.25, 0.3) is 28.0 Å². The molecule has 3 fully saturated rings. The van der Waals surface area contributed by atoms with Gasteiger partial charge in [-0.2, -0.15) is 9.61 Å². The molecule has 3 saturated heterocycles. The number of imide groups is 1. The molecule has 4 aliphatic heterocycles. The third kappa shape index (κ3) is 9.81. The highest BCUT2D eigenvalue weighted by Crippen LogP contribution is 2.35. The van der Waals surface area contributed by atoms with E-state index in [2.05, 4.69) is 86.9 Å².